The maximum atomic E-state index is 10.2. The van der Waals surface area contributed by atoms with E-state index in [0.717, 1.165) is 0 Å². The maximum Gasteiger partial charge on any atom is 0.265 e. The van der Waals surface area contributed by atoms with Gasteiger partial charge in [0.1, 0.15) is 0 Å². The van der Waals surface area contributed by atoms with Crippen molar-refractivity contribution in [3.05, 3.63) is 0 Å². The van der Waals surface area contributed by atoms with Crippen molar-refractivity contribution in [2.24, 2.45) is 0 Å². The Morgan fingerprint density at radius 3 is 1.29 bits per heavy atom. The minimum Gasteiger partial charge on any atom is -0.286 e. The van der Waals surface area contributed by atoms with Crippen LogP contribution in [0, 0.1) is 11.8 Å². The molecule has 0 atom stereocenters. The van der Waals surface area contributed by atoms with E-state index in [1.165, 1.54) is 0 Å². The molecule has 82 valence electrons. The Morgan fingerprint density at radius 1 is 0.786 bits per heavy atom. The summed E-state index contributed by atoms with van der Waals surface area (Å²) in [4.78, 5) is 0. The number of hydrogen-bond acceptors (Lipinski definition) is 4. The molecule has 0 bridgehead atoms. The molecule has 0 aliphatic rings. The van der Waals surface area contributed by atoms with E-state index in [1.807, 2.05) is 0 Å². The first-order valence-corrected chi connectivity index (χ1v) is 6.78. The van der Waals surface area contributed by atoms with Crippen molar-refractivity contribution >= 4 is 20.2 Å². The smallest absolute Gasteiger partial charge is 0.265 e. The fourth-order valence-electron chi connectivity index (χ4n) is 0.537. The van der Waals surface area contributed by atoms with E-state index >= 15 is 0 Å². The molecular weight excluding hydrogens is 232 g/mol. The van der Waals surface area contributed by atoms with Crippen LogP contribution in [0.2, 0.25) is 0 Å². The van der Waals surface area contributed by atoms with Gasteiger partial charge in [0.25, 0.3) is 20.2 Å². The summed E-state index contributed by atoms with van der Waals surface area (Å²) in [6, 6.07) is 0. The van der Waals surface area contributed by atoms with Crippen LogP contribution in [0.3, 0.4) is 0 Å². The first-order chi connectivity index (χ1) is 6.21. The molecule has 0 aromatic heterocycles. The van der Waals surface area contributed by atoms with Crippen LogP contribution in [-0.2, 0) is 20.2 Å². The summed E-state index contributed by atoms with van der Waals surface area (Å²) in [7, 11) is -8.02. The topological polar surface area (TPSA) is 109 Å². The fourth-order valence-corrected chi connectivity index (χ4v) is 1.26. The van der Waals surface area contributed by atoms with E-state index < -0.39 is 31.7 Å². The molecule has 0 saturated carbocycles. The van der Waals surface area contributed by atoms with Gasteiger partial charge < -0.3 is 0 Å². The predicted molar refractivity (Wildman–Crippen MR) is 49.8 cm³/mol. The highest BCUT2D eigenvalue weighted by molar-refractivity contribution is 7.86. The van der Waals surface area contributed by atoms with E-state index in [-0.39, 0.29) is 12.8 Å². The Labute approximate surface area is 82.8 Å². The van der Waals surface area contributed by atoms with Crippen molar-refractivity contribution in [2.45, 2.75) is 12.8 Å². The summed E-state index contributed by atoms with van der Waals surface area (Å²) in [6.45, 7) is 0. The van der Waals surface area contributed by atoms with Crippen LogP contribution >= 0.6 is 0 Å². The van der Waals surface area contributed by atoms with Gasteiger partial charge in [0, 0.05) is 12.8 Å². The largest absolute Gasteiger partial charge is 0.286 e. The van der Waals surface area contributed by atoms with Gasteiger partial charge in [-0.2, -0.15) is 16.8 Å². The average Bonchev–Trinajstić information content (AvgIpc) is 1.92. The van der Waals surface area contributed by atoms with Crippen molar-refractivity contribution in [3.63, 3.8) is 0 Å². The molecule has 0 fully saturated rings. The predicted octanol–water partition coefficient (Wildman–Crippen LogP) is -0.454. The van der Waals surface area contributed by atoms with Gasteiger partial charge in [-0.1, -0.05) is 0 Å². The zero-order valence-corrected chi connectivity index (χ0v) is 8.81. The Morgan fingerprint density at radius 2 is 1.07 bits per heavy atom. The third-order valence-corrected chi connectivity index (χ3v) is 2.54. The first-order valence-electron chi connectivity index (χ1n) is 3.57. The van der Waals surface area contributed by atoms with Gasteiger partial charge in [-0.25, -0.2) is 0 Å². The van der Waals surface area contributed by atoms with Crippen LogP contribution in [0.15, 0.2) is 0 Å². The minimum absolute atomic E-state index is 0.0652. The highest BCUT2D eigenvalue weighted by Crippen LogP contribution is 1.88. The van der Waals surface area contributed by atoms with Gasteiger partial charge >= 0.3 is 0 Å². The summed E-state index contributed by atoms with van der Waals surface area (Å²) in [6.07, 6.45) is -0.130. The summed E-state index contributed by atoms with van der Waals surface area (Å²) in [5.41, 5.74) is 0. The van der Waals surface area contributed by atoms with Gasteiger partial charge in [-0.15, -0.1) is 11.8 Å². The van der Waals surface area contributed by atoms with Gasteiger partial charge in [-0.3, -0.25) is 9.11 Å². The minimum atomic E-state index is -4.01. The van der Waals surface area contributed by atoms with Crippen molar-refractivity contribution in [3.8, 4) is 11.8 Å². The lowest BCUT2D eigenvalue weighted by molar-refractivity contribution is 0.481. The lowest BCUT2D eigenvalue weighted by atomic mass is 10.4. The summed E-state index contributed by atoms with van der Waals surface area (Å²) in [5.74, 6) is 3.74. The summed E-state index contributed by atoms with van der Waals surface area (Å²) >= 11 is 0. The SMILES string of the molecule is O=S(=O)(O)CCC#CCCS(=O)(=O)O. The molecule has 0 heterocycles. The van der Waals surface area contributed by atoms with Crippen molar-refractivity contribution < 1.29 is 25.9 Å². The molecule has 0 radical (unpaired) electrons. The molecule has 0 unspecified atom stereocenters. The molecule has 0 aromatic rings. The maximum absolute atomic E-state index is 10.2. The van der Waals surface area contributed by atoms with E-state index in [2.05, 4.69) is 11.8 Å². The Balaban J connectivity index is 3.77. The van der Waals surface area contributed by atoms with Gasteiger partial charge in [0.2, 0.25) is 0 Å². The van der Waals surface area contributed by atoms with Crippen LogP contribution in [0.4, 0.5) is 0 Å². The molecule has 6 nitrogen and oxygen atoms in total. The van der Waals surface area contributed by atoms with Crippen LogP contribution in [-0.4, -0.2) is 37.4 Å². The third kappa shape index (κ3) is 11.4. The van der Waals surface area contributed by atoms with Crippen LogP contribution < -0.4 is 0 Å². The highest BCUT2D eigenvalue weighted by atomic mass is 32.2. The van der Waals surface area contributed by atoms with E-state index in [4.69, 9.17) is 9.11 Å². The Kier molecular flexibility index (Phi) is 5.07. The standard InChI is InChI=1S/C6H10O6S2/c7-13(8,9)5-3-1-2-4-6-14(10,11)12/h3-6H2,(H,7,8,9)(H,10,11,12). The van der Waals surface area contributed by atoms with Gasteiger partial charge in [0.15, 0.2) is 0 Å². The van der Waals surface area contributed by atoms with E-state index in [0.29, 0.717) is 0 Å². The molecule has 8 heteroatoms. The quantitative estimate of drug-likeness (QED) is 0.510. The Bertz CT molecular complexity index is 381. The number of hydrogen-bond donors (Lipinski definition) is 2. The normalized spacial score (nSPS) is 11.9. The molecule has 0 rings (SSSR count). The summed E-state index contributed by atoms with van der Waals surface area (Å²) < 4.78 is 57.2. The monoisotopic (exact) mass is 242 g/mol. The first kappa shape index (κ1) is 13.4. The van der Waals surface area contributed by atoms with E-state index in [9.17, 15) is 16.8 Å². The molecule has 0 aromatic carbocycles. The zero-order valence-electron chi connectivity index (χ0n) is 7.17. The molecule has 14 heavy (non-hydrogen) atoms. The van der Waals surface area contributed by atoms with Crippen molar-refractivity contribution in [1.29, 1.82) is 0 Å². The summed E-state index contributed by atoms with van der Waals surface area (Å²) in [5, 5.41) is 0. The zero-order chi connectivity index (χ0) is 11.2. The molecule has 0 spiro atoms. The molecule has 0 aliphatic carbocycles. The molecule has 0 amide bonds. The second kappa shape index (κ2) is 5.31. The lowest BCUT2D eigenvalue weighted by Crippen LogP contribution is -2.03. The molecule has 2 N–H and O–H groups in total. The second-order valence-electron chi connectivity index (χ2n) is 2.43. The van der Waals surface area contributed by atoms with Gasteiger partial charge in [-0.05, 0) is 0 Å². The van der Waals surface area contributed by atoms with Crippen molar-refractivity contribution in [1.82, 2.24) is 0 Å². The van der Waals surface area contributed by atoms with Crippen LogP contribution in [0.5, 0.6) is 0 Å². The second-order valence-corrected chi connectivity index (χ2v) is 5.57. The highest BCUT2D eigenvalue weighted by Gasteiger charge is 2.02. The Hall–Kier alpha value is -0.620. The molecule has 0 aliphatic heterocycles. The van der Waals surface area contributed by atoms with E-state index in [1.54, 1.807) is 0 Å². The lowest BCUT2D eigenvalue weighted by Gasteiger charge is -1.89. The third-order valence-electron chi connectivity index (χ3n) is 1.10. The molecular formula is C6H10O6S2. The van der Waals surface area contributed by atoms with Gasteiger partial charge in [0.05, 0.1) is 11.5 Å². The van der Waals surface area contributed by atoms with Crippen LogP contribution in [0.1, 0.15) is 12.8 Å². The van der Waals surface area contributed by atoms with Crippen LogP contribution in [0.25, 0.3) is 0 Å². The van der Waals surface area contributed by atoms with Crippen molar-refractivity contribution in [2.75, 3.05) is 11.5 Å². The molecule has 0 saturated heterocycles. The fraction of sp³-hybridized carbons (Fsp3) is 0.667. The average molecular weight is 242 g/mol. The number of rotatable bonds is 4.